The molecule has 0 heterocycles. The smallest absolute Gasteiger partial charge is 0.238 e. The highest BCUT2D eigenvalue weighted by Crippen LogP contribution is 2.20. The fourth-order valence-corrected chi connectivity index (χ4v) is 3.45. The van der Waals surface area contributed by atoms with E-state index in [4.69, 9.17) is 4.74 Å². The number of ether oxygens (including phenoxy) is 1. The van der Waals surface area contributed by atoms with E-state index in [9.17, 15) is 9.59 Å². The summed E-state index contributed by atoms with van der Waals surface area (Å²) in [4.78, 5) is 24.1. The molecule has 1 aliphatic carbocycles. The Bertz CT molecular complexity index is 685. The number of carbonyl (C=O) groups excluding carboxylic acids is 2. The summed E-state index contributed by atoms with van der Waals surface area (Å²) in [6.07, 6.45) is 6.58. The summed E-state index contributed by atoms with van der Waals surface area (Å²) in [5.41, 5.74) is 1.83. The van der Waals surface area contributed by atoms with Gasteiger partial charge in [-0.2, -0.15) is 0 Å². The summed E-state index contributed by atoms with van der Waals surface area (Å²) >= 11 is 0. The minimum Gasteiger partial charge on any atom is -0.369 e. The van der Waals surface area contributed by atoms with Gasteiger partial charge in [-0.3, -0.25) is 9.59 Å². The Labute approximate surface area is 168 Å². The molecule has 0 fully saturated rings. The Morgan fingerprint density at radius 1 is 1.21 bits per heavy atom. The van der Waals surface area contributed by atoms with Gasteiger partial charge in [0.25, 0.3) is 0 Å². The summed E-state index contributed by atoms with van der Waals surface area (Å²) in [6, 6.07) is 7.40. The van der Waals surface area contributed by atoms with Crippen LogP contribution in [-0.4, -0.2) is 42.7 Å². The highest BCUT2D eigenvalue weighted by molar-refractivity contribution is 5.92. The first-order chi connectivity index (χ1) is 13.4. The van der Waals surface area contributed by atoms with Crippen molar-refractivity contribution in [3.8, 4) is 0 Å². The Balaban J connectivity index is 1.99. The van der Waals surface area contributed by atoms with Crippen molar-refractivity contribution in [3.05, 3.63) is 42.0 Å². The summed E-state index contributed by atoms with van der Waals surface area (Å²) < 4.78 is 6.21. The number of aryl methyl sites for hydroxylation is 1. The molecule has 0 saturated heterocycles. The maximum atomic E-state index is 12.4. The molecule has 0 radical (unpaired) electrons. The molecule has 0 bridgehead atoms. The third kappa shape index (κ3) is 6.46. The molecule has 3 N–H and O–H groups in total. The van der Waals surface area contributed by atoms with Crippen LogP contribution in [0.25, 0.3) is 0 Å². The van der Waals surface area contributed by atoms with Crippen molar-refractivity contribution in [2.24, 2.45) is 0 Å². The fourth-order valence-electron chi connectivity index (χ4n) is 3.45. The Morgan fingerprint density at radius 2 is 1.93 bits per heavy atom. The van der Waals surface area contributed by atoms with Crippen LogP contribution in [0.3, 0.4) is 0 Å². The quantitative estimate of drug-likeness (QED) is 0.569. The lowest BCUT2D eigenvalue weighted by atomic mass is 9.92. The monoisotopic (exact) mass is 387 g/mol. The molecule has 2 amide bonds. The lowest BCUT2D eigenvalue weighted by Gasteiger charge is -2.37. The Morgan fingerprint density at radius 3 is 2.57 bits per heavy atom. The van der Waals surface area contributed by atoms with Crippen LogP contribution in [0.4, 0.5) is 5.69 Å². The van der Waals surface area contributed by atoms with E-state index in [0.29, 0.717) is 0 Å². The zero-order chi connectivity index (χ0) is 20.5. The second kappa shape index (κ2) is 11.0. The lowest BCUT2D eigenvalue weighted by molar-refractivity contribution is -0.121. The second-order valence-electron chi connectivity index (χ2n) is 7.28. The average Bonchev–Trinajstić information content (AvgIpc) is 2.67. The van der Waals surface area contributed by atoms with Crippen molar-refractivity contribution in [2.75, 3.05) is 11.9 Å². The maximum absolute atomic E-state index is 12.4. The highest BCUT2D eigenvalue weighted by Gasteiger charge is 2.33. The first-order valence-corrected chi connectivity index (χ1v) is 10.1. The van der Waals surface area contributed by atoms with Crippen LogP contribution in [0.1, 0.15) is 45.6 Å². The van der Waals surface area contributed by atoms with Crippen molar-refractivity contribution in [3.63, 3.8) is 0 Å². The Hall–Kier alpha value is -2.18. The zero-order valence-electron chi connectivity index (χ0n) is 17.3. The van der Waals surface area contributed by atoms with Crippen LogP contribution in [0.15, 0.2) is 36.4 Å². The maximum Gasteiger partial charge on any atom is 0.238 e. The molecule has 3 atom stereocenters. The van der Waals surface area contributed by atoms with E-state index in [2.05, 4.69) is 35.9 Å². The molecule has 2 rings (SSSR count). The van der Waals surface area contributed by atoms with Gasteiger partial charge in [0.2, 0.25) is 11.8 Å². The zero-order valence-corrected chi connectivity index (χ0v) is 17.3. The number of amides is 2. The minimum atomic E-state index is -0.214. The molecule has 0 aromatic heterocycles. The molecule has 6 heteroatoms. The second-order valence-corrected chi connectivity index (χ2v) is 7.28. The van der Waals surface area contributed by atoms with E-state index in [-0.39, 0.29) is 42.7 Å². The topological polar surface area (TPSA) is 79.5 Å². The standard InChI is InChI=1S/C22H33N3O3/c1-5-17(6-2)28-20-13-9-12-19(22(20)24-16(4)26)23-14-21(27)25-18-11-8-7-10-15(18)3/h7-11,13,17,19-20,22-23H,5-6,12,14H2,1-4H3,(H,24,26)(H,25,27)/t19-,20+,22+/m0/s1. The van der Waals surface area contributed by atoms with E-state index in [0.717, 1.165) is 30.5 Å². The number of hydrogen-bond donors (Lipinski definition) is 3. The molecule has 1 aromatic carbocycles. The van der Waals surface area contributed by atoms with Crippen LogP contribution in [-0.2, 0) is 14.3 Å². The molecule has 6 nitrogen and oxygen atoms in total. The van der Waals surface area contributed by atoms with Gasteiger partial charge in [0.15, 0.2) is 0 Å². The first-order valence-electron chi connectivity index (χ1n) is 10.1. The van der Waals surface area contributed by atoms with Gasteiger partial charge in [0, 0.05) is 18.7 Å². The van der Waals surface area contributed by atoms with Crippen molar-refractivity contribution in [1.82, 2.24) is 10.6 Å². The van der Waals surface area contributed by atoms with Crippen LogP contribution in [0.5, 0.6) is 0 Å². The number of benzene rings is 1. The van der Waals surface area contributed by atoms with Gasteiger partial charge in [0.05, 0.1) is 24.8 Å². The third-order valence-corrected chi connectivity index (χ3v) is 5.08. The SMILES string of the molecule is CCC(CC)O[C@@H]1C=CC[C@H](NCC(=O)Nc2ccccc2C)[C@H]1NC(C)=O. The van der Waals surface area contributed by atoms with Crippen molar-refractivity contribution in [1.29, 1.82) is 0 Å². The van der Waals surface area contributed by atoms with E-state index >= 15 is 0 Å². The van der Waals surface area contributed by atoms with Crippen LogP contribution in [0.2, 0.25) is 0 Å². The van der Waals surface area contributed by atoms with Gasteiger partial charge < -0.3 is 20.7 Å². The van der Waals surface area contributed by atoms with Crippen molar-refractivity contribution < 1.29 is 14.3 Å². The molecule has 1 aliphatic rings. The lowest BCUT2D eigenvalue weighted by Crippen LogP contribution is -2.58. The van der Waals surface area contributed by atoms with Gasteiger partial charge in [-0.25, -0.2) is 0 Å². The molecule has 28 heavy (non-hydrogen) atoms. The van der Waals surface area contributed by atoms with E-state index < -0.39 is 0 Å². The largest absolute Gasteiger partial charge is 0.369 e. The summed E-state index contributed by atoms with van der Waals surface area (Å²) in [6.45, 7) is 7.83. The Kier molecular flexibility index (Phi) is 8.67. The number of carbonyl (C=O) groups is 2. The molecule has 0 aliphatic heterocycles. The summed E-state index contributed by atoms with van der Waals surface area (Å²) in [7, 11) is 0. The van der Waals surface area contributed by atoms with Gasteiger partial charge in [-0.1, -0.05) is 44.2 Å². The number of para-hydroxylation sites is 1. The molecule has 0 spiro atoms. The molecular weight excluding hydrogens is 354 g/mol. The summed E-state index contributed by atoms with van der Waals surface area (Å²) in [5, 5.41) is 9.24. The molecular formula is C22H33N3O3. The van der Waals surface area contributed by atoms with Crippen LogP contribution in [0, 0.1) is 6.92 Å². The van der Waals surface area contributed by atoms with E-state index in [1.54, 1.807) is 0 Å². The van der Waals surface area contributed by atoms with Gasteiger partial charge in [-0.15, -0.1) is 0 Å². The number of nitrogens with one attached hydrogen (secondary N) is 3. The normalized spacial score (nSPS) is 21.5. The van der Waals surface area contributed by atoms with Crippen LogP contribution < -0.4 is 16.0 Å². The molecule has 0 saturated carbocycles. The number of rotatable bonds is 9. The third-order valence-electron chi connectivity index (χ3n) is 5.08. The van der Waals surface area contributed by atoms with E-state index in [1.807, 2.05) is 37.3 Å². The molecule has 154 valence electrons. The van der Waals surface area contributed by atoms with E-state index in [1.165, 1.54) is 6.92 Å². The fraction of sp³-hybridized carbons (Fsp3) is 0.545. The highest BCUT2D eigenvalue weighted by atomic mass is 16.5. The first kappa shape index (κ1) is 22.1. The minimum absolute atomic E-state index is 0.0733. The number of hydrogen-bond acceptors (Lipinski definition) is 4. The van der Waals surface area contributed by atoms with Crippen molar-refractivity contribution >= 4 is 17.5 Å². The predicted molar refractivity (Wildman–Crippen MR) is 112 cm³/mol. The van der Waals surface area contributed by atoms with Gasteiger partial charge in [-0.05, 0) is 37.8 Å². The number of anilines is 1. The predicted octanol–water partition coefficient (Wildman–Crippen LogP) is 2.93. The van der Waals surface area contributed by atoms with Crippen LogP contribution >= 0.6 is 0 Å². The molecule has 0 unspecified atom stereocenters. The average molecular weight is 388 g/mol. The summed E-state index contributed by atoms with van der Waals surface area (Å²) in [5.74, 6) is -0.211. The van der Waals surface area contributed by atoms with Gasteiger partial charge in [0.1, 0.15) is 0 Å². The van der Waals surface area contributed by atoms with Gasteiger partial charge >= 0.3 is 0 Å². The van der Waals surface area contributed by atoms with Crippen molar-refractivity contribution in [2.45, 2.75) is 71.2 Å². The molecule has 1 aromatic rings.